The van der Waals surface area contributed by atoms with Gasteiger partial charge in [-0.05, 0) is 40.0 Å². The molecule has 190 valence electrons. The predicted octanol–water partition coefficient (Wildman–Crippen LogP) is 3.46. The van der Waals surface area contributed by atoms with Crippen molar-refractivity contribution in [2.24, 2.45) is 0 Å². The van der Waals surface area contributed by atoms with Gasteiger partial charge in [-0.3, -0.25) is 14.7 Å². The fourth-order valence-electron chi connectivity index (χ4n) is 4.12. The molecular weight excluding hydrogens is 456 g/mol. The van der Waals surface area contributed by atoms with Crippen LogP contribution >= 0.6 is 0 Å². The molecule has 1 fully saturated rings. The quantitative estimate of drug-likeness (QED) is 0.432. The van der Waals surface area contributed by atoms with E-state index in [9.17, 15) is 19.5 Å². The van der Waals surface area contributed by atoms with E-state index in [1.165, 1.54) is 19.2 Å². The van der Waals surface area contributed by atoms with Crippen molar-refractivity contribution in [2.45, 2.75) is 58.1 Å². The number of anilines is 1. The molecule has 2 aromatic rings. The number of rotatable bonds is 10. The Kier molecular flexibility index (Phi) is 8.56. The number of carbonyl (C=O) groups is 3. The van der Waals surface area contributed by atoms with E-state index >= 15 is 0 Å². The second kappa shape index (κ2) is 11.6. The fraction of sp³-hybridized carbons (Fsp3) is 0.500. The number of amides is 2. The SMILES string of the molecule is CCN(C(=O)OC1CCC(c2cc(NC(=O)COc3cc(OC)cc(O)c3C=O)n[nH]2)C1)C(C)C. The first kappa shape index (κ1) is 25.9. The van der Waals surface area contributed by atoms with Gasteiger partial charge in [-0.1, -0.05) is 0 Å². The molecule has 0 saturated heterocycles. The largest absolute Gasteiger partial charge is 0.507 e. The topological polar surface area (TPSA) is 143 Å². The summed E-state index contributed by atoms with van der Waals surface area (Å²) in [4.78, 5) is 37.7. The molecule has 1 heterocycles. The van der Waals surface area contributed by atoms with Crippen molar-refractivity contribution in [1.29, 1.82) is 0 Å². The maximum Gasteiger partial charge on any atom is 0.410 e. The van der Waals surface area contributed by atoms with Crippen LogP contribution in [0.15, 0.2) is 18.2 Å². The van der Waals surface area contributed by atoms with Crippen molar-refractivity contribution < 1.29 is 33.7 Å². The Labute approximate surface area is 203 Å². The third-order valence-electron chi connectivity index (χ3n) is 5.96. The highest BCUT2D eigenvalue weighted by atomic mass is 16.6. The molecule has 1 aliphatic carbocycles. The number of benzene rings is 1. The van der Waals surface area contributed by atoms with Crippen LogP contribution in [0.3, 0.4) is 0 Å². The summed E-state index contributed by atoms with van der Waals surface area (Å²) in [6.45, 7) is 6.02. The summed E-state index contributed by atoms with van der Waals surface area (Å²) in [5.74, 6) is -0.0260. The minimum atomic E-state index is -0.492. The number of aromatic nitrogens is 2. The first-order chi connectivity index (χ1) is 16.7. The lowest BCUT2D eigenvalue weighted by molar-refractivity contribution is -0.118. The van der Waals surface area contributed by atoms with Crippen molar-refractivity contribution in [2.75, 3.05) is 25.6 Å². The number of aromatic amines is 1. The monoisotopic (exact) mass is 488 g/mol. The van der Waals surface area contributed by atoms with Gasteiger partial charge >= 0.3 is 6.09 Å². The Morgan fingerprint density at radius 2 is 2.09 bits per heavy atom. The molecule has 35 heavy (non-hydrogen) atoms. The summed E-state index contributed by atoms with van der Waals surface area (Å²) in [5.41, 5.74) is 0.768. The van der Waals surface area contributed by atoms with Crippen LogP contribution in [0.1, 0.15) is 62.0 Å². The summed E-state index contributed by atoms with van der Waals surface area (Å²) >= 11 is 0. The number of nitrogens with one attached hydrogen (secondary N) is 2. The molecule has 2 unspecified atom stereocenters. The number of ether oxygens (including phenoxy) is 3. The molecule has 1 aromatic carbocycles. The smallest absolute Gasteiger partial charge is 0.410 e. The lowest BCUT2D eigenvalue weighted by Gasteiger charge is -2.26. The maximum absolute atomic E-state index is 12.4. The number of aromatic hydroxyl groups is 1. The van der Waals surface area contributed by atoms with Crippen molar-refractivity contribution in [3.63, 3.8) is 0 Å². The van der Waals surface area contributed by atoms with Crippen molar-refractivity contribution in [1.82, 2.24) is 15.1 Å². The summed E-state index contributed by atoms with van der Waals surface area (Å²) in [7, 11) is 1.41. The zero-order valence-electron chi connectivity index (χ0n) is 20.4. The molecule has 11 nitrogen and oxygen atoms in total. The molecule has 1 saturated carbocycles. The van der Waals surface area contributed by atoms with Crippen molar-refractivity contribution in [3.8, 4) is 17.2 Å². The second-order valence-corrected chi connectivity index (χ2v) is 8.62. The molecule has 0 aliphatic heterocycles. The third kappa shape index (κ3) is 6.43. The number of H-pyrrole nitrogens is 1. The van der Waals surface area contributed by atoms with Gasteiger partial charge in [-0.15, -0.1) is 0 Å². The zero-order chi connectivity index (χ0) is 25.5. The zero-order valence-corrected chi connectivity index (χ0v) is 20.4. The molecule has 11 heteroatoms. The Morgan fingerprint density at radius 1 is 1.31 bits per heavy atom. The normalized spacial score (nSPS) is 17.2. The van der Waals surface area contributed by atoms with Crippen LogP contribution < -0.4 is 14.8 Å². The molecule has 0 spiro atoms. The number of hydrogen-bond acceptors (Lipinski definition) is 8. The van der Waals surface area contributed by atoms with Gasteiger partial charge < -0.3 is 29.5 Å². The molecule has 2 amide bonds. The second-order valence-electron chi connectivity index (χ2n) is 8.62. The first-order valence-electron chi connectivity index (χ1n) is 11.6. The van der Waals surface area contributed by atoms with Crippen LogP contribution in [-0.4, -0.2) is 70.9 Å². The van der Waals surface area contributed by atoms with Crippen LogP contribution in [0.25, 0.3) is 0 Å². The molecular formula is C24H32N4O7. The van der Waals surface area contributed by atoms with Crippen LogP contribution in [0, 0.1) is 0 Å². The van der Waals surface area contributed by atoms with E-state index in [1.54, 1.807) is 11.0 Å². The van der Waals surface area contributed by atoms with Gasteiger partial charge in [0.05, 0.1) is 12.7 Å². The van der Waals surface area contributed by atoms with Gasteiger partial charge in [-0.25, -0.2) is 4.79 Å². The standard InChI is InChI=1S/C24H32N4O7/c1-5-28(14(2)3)24(32)35-16-7-6-15(8-16)19-11-22(27-26-19)25-23(31)13-34-21-10-17(33-4)9-20(30)18(21)12-29/h9-12,14-16,30H,5-8,13H2,1-4H3,(H2,25,26,27,31). The number of carbonyl (C=O) groups excluding carboxylic acids is 3. The average molecular weight is 489 g/mol. The highest BCUT2D eigenvalue weighted by Crippen LogP contribution is 2.36. The molecule has 3 rings (SSSR count). The highest BCUT2D eigenvalue weighted by Gasteiger charge is 2.31. The number of methoxy groups -OCH3 is 1. The van der Waals surface area contributed by atoms with Gasteiger partial charge in [0.1, 0.15) is 23.4 Å². The number of phenolic OH excluding ortho intramolecular Hbond substituents is 1. The van der Waals surface area contributed by atoms with Crippen LogP contribution in [0.4, 0.5) is 10.6 Å². The van der Waals surface area contributed by atoms with E-state index in [1.807, 2.05) is 20.8 Å². The minimum Gasteiger partial charge on any atom is -0.507 e. The van der Waals surface area contributed by atoms with E-state index < -0.39 is 12.5 Å². The van der Waals surface area contributed by atoms with Gasteiger partial charge in [0.15, 0.2) is 18.7 Å². The number of aldehydes is 1. The van der Waals surface area contributed by atoms with Crippen LogP contribution in [0.2, 0.25) is 0 Å². The third-order valence-corrected chi connectivity index (χ3v) is 5.96. The number of phenols is 1. The molecule has 1 aromatic heterocycles. The van der Waals surface area contributed by atoms with E-state index in [-0.39, 0.29) is 47.0 Å². The van der Waals surface area contributed by atoms with Gasteiger partial charge in [0.25, 0.3) is 5.91 Å². The molecule has 1 aliphatic rings. The van der Waals surface area contributed by atoms with E-state index in [0.717, 1.165) is 18.5 Å². The Morgan fingerprint density at radius 3 is 2.74 bits per heavy atom. The van der Waals surface area contributed by atoms with Crippen molar-refractivity contribution in [3.05, 3.63) is 29.5 Å². The highest BCUT2D eigenvalue weighted by molar-refractivity contribution is 5.91. The number of hydrogen-bond donors (Lipinski definition) is 3. The van der Waals surface area contributed by atoms with Gasteiger partial charge in [0, 0.05) is 42.4 Å². The van der Waals surface area contributed by atoms with Crippen molar-refractivity contribution >= 4 is 24.1 Å². The lowest BCUT2D eigenvalue weighted by atomic mass is 10.0. The predicted molar refractivity (Wildman–Crippen MR) is 127 cm³/mol. The first-order valence-corrected chi connectivity index (χ1v) is 11.6. The molecule has 0 radical (unpaired) electrons. The Hall–Kier alpha value is -3.76. The average Bonchev–Trinajstić information content (AvgIpc) is 3.47. The van der Waals surface area contributed by atoms with E-state index in [2.05, 4.69) is 15.5 Å². The minimum absolute atomic E-state index is 0.0281. The molecule has 3 N–H and O–H groups in total. The molecule has 2 atom stereocenters. The van der Waals surface area contributed by atoms with Crippen LogP contribution in [0.5, 0.6) is 17.2 Å². The summed E-state index contributed by atoms with van der Waals surface area (Å²) in [6, 6.07) is 4.51. The van der Waals surface area contributed by atoms with Crippen LogP contribution in [-0.2, 0) is 9.53 Å². The van der Waals surface area contributed by atoms with E-state index in [0.29, 0.717) is 25.1 Å². The lowest BCUT2D eigenvalue weighted by Crippen LogP contribution is -2.38. The number of nitrogens with zero attached hydrogens (tertiary/aromatic N) is 2. The molecule has 0 bridgehead atoms. The Balaban J connectivity index is 1.53. The van der Waals surface area contributed by atoms with Gasteiger partial charge in [-0.2, -0.15) is 5.10 Å². The fourth-order valence-corrected chi connectivity index (χ4v) is 4.12. The summed E-state index contributed by atoms with van der Waals surface area (Å²) in [6.07, 6.45) is 2.24. The maximum atomic E-state index is 12.4. The summed E-state index contributed by atoms with van der Waals surface area (Å²) < 4.78 is 16.1. The Bertz CT molecular complexity index is 1050. The summed E-state index contributed by atoms with van der Waals surface area (Å²) in [5, 5.41) is 19.6. The van der Waals surface area contributed by atoms with Gasteiger partial charge in [0.2, 0.25) is 0 Å². The van der Waals surface area contributed by atoms with E-state index in [4.69, 9.17) is 14.2 Å².